The van der Waals surface area contributed by atoms with E-state index in [-0.39, 0.29) is 0 Å². The van der Waals surface area contributed by atoms with E-state index in [1.807, 2.05) is 24.3 Å². The van der Waals surface area contributed by atoms with Gasteiger partial charge >= 0.3 is 0 Å². The van der Waals surface area contributed by atoms with Crippen molar-refractivity contribution in [2.45, 2.75) is 6.92 Å². The van der Waals surface area contributed by atoms with Crippen molar-refractivity contribution in [3.63, 3.8) is 0 Å². The van der Waals surface area contributed by atoms with E-state index in [1.165, 1.54) is 22.3 Å². The van der Waals surface area contributed by atoms with Crippen molar-refractivity contribution >= 4 is 28.7 Å². The van der Waals surface area contributed by atoms with Crippen LogP contribution in [0.5, 0.6) is 0 Å². The molecule has 118 valence electrons. The SMILES string of the molecule is Cc1c(-c2ccc(Cl)cc2)c(-c2ccc(Cl)cc2)n2ccccc12. The van der Waals surface area contributed by atoms with E-state index in [1.54, 1.807) is 0 Å². The normalized spacial score (nSPS) is 11.1. The Balaban J connectivity index is 2.08. The highest BCUT2D eigenvalue weighted by Crippen LogP contribution is 2.39. The molecular formula is C21H15Cl2N. The number of fused-ring (bicyclic) bond motifs is 1. The van der Waals surface area contributed by atoms with Gasteiger partial charge in [0.05, 0.1) is 5.69 Å². The molecule has 0 spiro atoms. The number of halogens is 2. The van der Waals surface area contributed by atoms with Crippen molar-refractivity contribution in [2.24, 2.45) is 0 Å². The first-order valence-corrected chi connectivity index (χ1v) is 8.52. The first-order valence-electron chi connectivity index (χ1n) is 7.76. The zero-order chi connectivity index (χ0) is 16.7. The molecular weight excluding hydrogens is 337 g/mol. The van der Waals surface area contributed by atoms with Crippen LogP contribution in [-0.2, 0) is 0 Å². The molecule has 0 aliphatic heterocycles. The average molecular weight is 352 g/mol. The summed E-state index contributed by atoms with van der Waals surface area (Å²) in [5.41, 5.74) is 7.14. The summed E-state index contributed by atoms with van der Waals surface area (Å²) in [6, 6.07) is 22.3. The van der Waals surface area contributed by atoms with Gasteiger partial charge in [0, 0.05) is 27.3 Å². The molecule has 0 N–H and O–H groups in total. The lowest BCUT2D eigenvalue weighted by atomic mass is 9.98. The van der Waals surface area contributed by atoms with Crippen LogP contribution in [0.2, 0.25) is 10.0 Å². The quantitative estimate of drug-likeness (QED) is 0.370. The Morgan fingerprint density at radius 1 is 0.708 bits per heavy atom. The van der Waals surface area contributed by atoms with Gasteiger partial charge in [-0.25, -0.2) is 0 Å². The highest BCUT2D eigenvalue weighted by molar-refractivity contribution is 6.31. The molecule has 24 heavy (non-hydrogen) atoms. The third-order valence-corrected chi connectivity index (χ3v) is 4.85. The fourth-order valence-corrected chi connectivity index (χ4v) is 3.48. The minimum atomic E-state index is 0.740. The van der Waals surface area contributed by atoms with Crippen molar-refractivity contribution in [1.82, 2.24) is 4.40 Å². The van der Waals surface area contributed by atoms with Crippen molar-refractivity contribution in [2.75, 3.05) is 0 Å². The number of aryl methyl sites for hydroxylation is 1. The topological polar surface area (TPSA) is 4.41 Å². The van der Waals surface area contributed by atoms with Crippen molar-refractivity contribution in [3.8, 4) is 22.4 Å². The fraction of sp³-hybridized carbons (Fsp3) is 0.0476. The van der Waals surface area contributed by atoms with Gasteiger partial charge in [0.1, 0.15) is 0 Å². The zero-order valence-electron chi connectivity index (χ0n) is 13.1. The number of rotatable bonds is 2. The van der Waals surface area contributed by atoms with E-state index >= 15 is 0 Å². The van der Waals surface area contributed by atoms with E-state index in [4.69, 9.17) is 23.2 Å². The summed E-state index contributed by atoms with van der Waals surface area (Å²) in [6.45, 7) is 2.17. The molecule has 3 heteroatoms. The third kappa shape index (κ3) is 2.50. The molecule has 0 atom stereocenters. The Bertz CT molecular complexity index is 1010. The molecule has 0 amide bonds. The van der Waals surface area contributed by atoms with Crippen LogP contribution in [0.3, 0.4) is 0 Å². The Labute approximate surface area is 151 Å². The van der Waals surface area contributed by atoms with Gasteiger partial charge in [0.2, 0.25) is 0 Å². The second-order valence-corrected chi connectivity index (χ2v) is 6.69. The van der Waals surface area contributed by atoms with Crippen LogP contribution in [-0.4, -0.2) is 4.40 Å². The van der Waals surface area contributed by atoms with Crippen molar-refractivity contribution in [3.05, 3.63) is 88.5 Å². The van der Waals surface area contributed by atoms with Gasteiger partial charge in [-0.1, -0.05) is 53.5 Å². The average Bonchev–Trinajstić information content (AvgIpc) is 2.90. The largest absolute Gasteiger partial charge is 0.316 e. The van der Waals surface area contributed by atoms with E-state index in [0.717, 1.165) is 21.2 Å². The zero-order valence-corrected chi connectivity index (χ0v) is 14.6. The van der Waals surface area contributed by atoms with Gasteiger partial charge in [-0.2, -0.15) is 0 Å². The van der Waals surface area contributed by atoms with E-state index in [0.29, 0.717) is 0 Å². The second-order valence-electron chi connectivity index (χ2n) is 5.82. The summed E-state index contributed by atoms with van der Waals surface area (Å²) < 4.78 is 2.24. The molecule has 0 aliphatic rings. The van der Waals surface area contributed by atoms with Gasteiger partial charge < -0.3 is 4.40 Å². The lowest BCUT2D eigenvalue weighted by molar-refractivity contribution is 1.20. The van der Waals surface area contributed by atoms with Crippen molar-refractivity contribution < 1.29 is 0 Å². The molecule has 0 radical (unpaired) electrons. The van der Waals surface area contributed by atoms with Gasteiger partial charge in [0.25, 0.3) is 0 Å². The number of hydrogen-bond acceptors (Lipinski definition) is 0. The first-order chi connectivity index (χ1) is 11.6. The summed E-state index contributed by atoms with van der Waals surface area (Å²) >= 11 is 12.1. The summed E-state index contributed by atoms with van der Waals surface area (Å²) in [7, 11) is 0. The van der Waals surface area contributed by atoms with E-state index < -0.39 is 0 Å². The molecule has 1 nitrogen and oxygen atoms in total. The Kier molecular flexibility index (Phi) is 3.84. The van der Waals surface area contributed by atoms with Crippen LogP contribution in [0.15, 0.2) is 72.9 Å². The number of aromatic nitrogens is 1. The van der Waals surface area contributed by atoms with E-state index in [9.17, 15) is 0 Å². The van der Waals surface area contributed by atoms with Gasteiger partial charge in [-0.3, -0.25) is 0 Å². The third-order valence-electron chi connectivity index (χ3n) is 4.35. The summed E-state index contributed by atoms with van der Waals surface area (Å²) in [5, 5.41) is 1.48. The number of hydrogen-bond donors (Lipinski definition) is 0. The summed E-state index contributed by atoms with van der Waals surface area (Å²) in [5.74, 6) is 0. The highest BCUT2D eigenvalue weighted by Gasteiger charge is 2.18. The lowest BCUT2D eigenvalue weighted by Crippen LogP contribution is -1.89. The minimum absolute atomic E-state index is 0.740. The fourth-order valence-electron chi connectivity index (χ4n) is 3.23. The monoisotopic (exact) mass is 351 g/mol. The maximum Gasteiger partial charge on any atom is 0.0609 e. The van der Waals surface area contributed by atoms with Crippen LogP contribution >= 0.6 is 23.2 Å². The summed E-state index contributed by atoms with van der Waals surface area (Å²) in [6.07, 6.45) is 2.10. The standard InChI is InChI=1S/C21H15Cl2N/c1-14-19-4-2-3-13-24(19)21(16-7-11-18(23)12-8-16)20(14)15-5-9-17(22)10-6-15/h2-13H,1H3. The highest BCUT2D eigenvalue weighted by atomic mass is 35.5. The predicted molar refractivity (Wildman–Crippen MR) is 103 cm³/mol. The molecule has 2 aromatic carbocycles. The molecule has 0 saturated heterocycles. The maximum atomic E-state index is 6.08. The van der Waals surface area contributed by atoms with E-state index in [2.05, 4.69) is 60.0 Å². The van der Waals surface area contributed by atoms with Crippen LogP contribution in [0.4, 0.5) is 0 Å². The lowest BCUT2D eigenvalue weighted by Gasteiger charge is -2.08. The molecule has 2 heterocycles. The molecule has 0 saturated carbocycles. The number of pyridine rings is 1. The van der Waals surface area contributed by atoms with Gasteiger partial charge in [-0.15, -0.1) is 0 Å². The van der Waals surface area contributed by atoms with Gasteiger partial charge in [-0.05, 0) is 60.0 Å². The Morgan fingerprint density at radius 2 is 1.29 bits per heavy atom. The maximum absolute atomic E-state index is 6.08. The first kappa shape index (κ1) is 15.3. The molecule has 0 fully saturated rings. The van der Waals surface area contributed by atoms with Crippen molar-refractivity contribution in [1.29, 1.82) is 0 Å². The number of nitrogens with zero attached hydrogens (tertiary/aromatic N) is 1. The van der Waals surface area contributed by atoms with Gasteiger partial charge in [0.15, 0.2) is 0 Å². The molecule has 4 aromatic rings. The summed E-state index contributed by atoms with van der Waals surface area (Å²) in [4.78, 5) is 0. The predicted octanol–water partition coefficient (Wildman–Crippen LogP) is 6.89. The molecule has 2 aromatic heterocycles. The van der Waals surface area contributed by atoms with Crippen LogP contribution in [0.25, 0.3) is 27.9 Å². The molecule has 0 unspecified atom stereocenters. The molecule has 0 aliphatic carbocycles. The minimum Gasteiger partial charge on any atom is -0.316 e. The Morgan fingerprint density at radius 3 is 1.92 bits per heavy atom. The van der Waals surface area contributed by atoms with Crippen LogP contribution in [0, 0.1) is 6.92 Å². The van der Waals surface area contributed by atoms with Crippen LogP contribution < -0.4 is 0 Å². The smallest absolute Gasteiger partial charge is 0.0609 e. The molecule has 4 rings (SSSR count). The number of benzene rings is 2. The Hall–Kier alpha value is -2.22. The second kappa shape index (κ2) is 6.01. The molecule has 0 bridgehead atoms. The van der Waals surface area contributed by atoms with Crippen LogP contribution in [0.1, 0.15) is 5.56 Å².